The molecule has 1 aromatic heterocycles. The first-order chi connectivity index (χ1) is 9.79. The van der Waals surface area contributed by atoms with Crippen LogP contribution in [0.4, 0.5) is 0 Å². The molecule has 5 heteroatoms. The van der Waals surface area contributed by atoms with E-state index in [1.165, 1.54) is 0 Å². The molecule has 1 N–H and O–H groups in total. The molecule has 1 aromatic carbocycles. The molecule has 20 heavy (non-hydrogen) atoms. The Morgan fingerprint density at radius 1 is 1.25 bits per heavy atom. The summed E-state index contributed by atoms with van der Waals surface area (Å²) < 4.78 is 11.7. The van der Waals surface area contributed by atoms with E-state index in [9.17, 15) is 0 Å². The number of benzene rings is 1. The zero-order valence-electron chi connectivity index (χ0n) is 11.3. The van der Waals surface area contributed by atoms with Gasteiger partial charge in [0.25, 0.3) is 0 Å². The van der Waals surface area contributed by atoms with E-state index in [1.54, 1.807) is 13.3 Å². The van der Waals surface area contributed by atoms with Crippen LogP contribution in [0.25, 0.3) is 0 Å². The van der Waals surface area contributed by atoms with Gasteiger partial charge >= 0.3 is 0 Å². The van der Waals surface area contributed by atoms with Gasteiger partial charge in [-0.25, -0.2) is 0 Å². The van der Waals surface area contributed by atoms with Crippen molar-refractivity contribution < 1.29 is 9.47 Å². The predicted octanol–water partition coefficient (Wildman–Crippen LogP) is 3.02. The summed E-state index contributed by atoms with van der Waals surface area (Å²) in [6, 6.07) is 11.5. The minimum absolute atomic E-state index is 0.595. The fourth-order valence-corrected chi connectivity index (χ4v) is 2.15. The van der Waals surface area contributed by atoms with E-state index in [0.717, 1.165) is 34.8 Å². The van der Waals surface area contributed by atoms with Crippen molar-refractivity contribution in [1.82, 2.24) is 10.3 Å². The molecule has 0 radical (unpaired) electrons. The van der Waals surface area contributed by atoms with Gasteiger partial charge in [0.05, 0.1) is 17.3 Å². The smallest absolute Gasteiger partial charge is 0.133 e. The SMILES string of the molecule is COc1ccc(OCCNCc2ccccn2)c(Br)c1. The molecule has 2 rings (SSSR count). The highest BCUT2D eigenvalue weighted by Crippen LogP contribution is 2.28. The maximum absolute atomic E-state index is 5.69. The molecule has 0 atom stereocenters. The number of nitrogens with one attached hydrogen (secondary N) is 1. The van der Waals surface area contributed by atoms with Crippen LogP contribution < -0.4 is 14.8 Å². The Hall–Kier alpha value is -1.59. The molecule has 0 bridgehead atoms. The van der Waals surface area contributed by atoms with Gasteiger partial charge in [0.2, 0.25) is 0 Å². The number of halogens is 1. The number of hydrogen-bond donors (Lipinski definition) is 1. The second-order valence-electron chi connectivity index (χ2n) is 4.14. The summed E-state index contributed by atoms with van der Waals surface area (Å²) in [5.74, 6) is 1.61. The van der Waals surface area contributed by atoms with E-state index in [-0.39, 0.29) is 0 Å². The second-order valence-corrected chi connectivity index (χ2v) is 5.00. The number of hydrogen-bond acceptors (Lipinski definition) is 4. The standard InChI is InChI=1S/C15H17BrN2O2/c1-19-13-5-6-15(14(16)10-13)20-9-8-17-11-12-4-2-3-7-18-12/h2-7,10,17H,8-9,11H2,1H3. The van der Waals surface area contributed by atoms with Crippen molar-refractivity contribution in [2.45, 2.75) is 6.54 Å². The van der Waals surface area contributed by atoms with Crippen LogP contribution in [0.15, 0.2) is 47.1 Å². The van der Waals surface area contributed by atoms with Gasteiger partial charge in [-0.05, 0) is 46.3 Å². The van der Waals surface area contributed by atoms with Gasteiger partial charge in [-0.15, -0.1) is 0 Å². The fourth-order valence-electron chi connectivity index (χ4n) is 1.68. The van der Waals surface area contributed by atoms with Gasteiger partial charge in [0.1, 0.15) is 18.1 Å². The lowest BCUT2D eigenvalue weighted by Crippen LogP contribution is -2.21. The molecule has 0 unspecified atom stereocenters. The van der Waals surface area contributed by atoms with Gasteiger partial charge in [0.15, 0.2) is 0 Å². The van der Waals surface area contributed by atoms with Gasteiger partial charge in [-0.1, -0.05) is 6.07 Å². The molecule has 0 spiro atoms. The maximum atomic E-state index is 5.69. The minimum atomic E-state index is 0.595. The topological polar surface area (TPSA) is 43.4 Å². The highest BCUT2D eigenvalue weighted by molar-refractivity contribution is 9.10. The molecule has 2 aromatic rings. The van der Waals surface area contributed by atoms with Crippen LogP contribution in [0.2, 0.25) is 0 Å². The lowest BCUT2D eigenvalue weighted by molar-refractivity contribution is 0.310. The van der Waals surface area contributed by atoms with Crippen LogP contribution in [0.3, 0.4) is 0 Å². The van der Waals surface area contributed by atoms with Crippen LogP contribution in [-0.4, -0.2) is 25.2 Å². The monoisotopic (exact) mass is 336 g/mol. The van der Waals surface area contributed by atoms with Crippen LogP contribution in [0.5, 0.6) is 11.5 Å². The summed E-state index contributed by atoms with van der Waals surface area (Å²) in [7, 11) is 1.64. The number of methoxy groups -OCH3 is 1. The van der Waals surface area contributed by atoms with Crippen LogP contribution in [0, 0.1) is 0 Å². The molecule has 0 aliphatic rings. The van der Waals surface area contributed by atoms with Crippen molar-refractivity contribution in [3.05, 3.63) is 52.8 Å². The molecule has 106 valence electrons. The Kier molecular flexibility index (Phi) is 5.83. The molecular formula is C15H17BrN2O2. The van der Waals surface area contributed by atoms with E-state index in [1.807, 2.05) is 36.4 Å². The van der Waals surface area contributed by atoms with Gasteiger partial charge in [-0.3, -0.25) is 4.98 Å². The number of rotatable bonds is 7. The van der Waals surface area contributed by atoms with Crippen molar-refractivity contribution >= 4 is 15.9 Å². The Morgan fingerprint density at radius 3 is 2.85 bits per heavy atom. The highest BCUT2D eigenvalue weighted by atomic mass is 79.9. The maximum Gasteiger partial charge on any atom is 0.133 e. The molecule has 1 heterocycles. The Bertz CT molecular complexity index is 535. The molecule has 0 fully saturated rings. The third kappa shape index (κ3) is 4.51. The highest BCUT2D eigenvalue weighted by Gasteiger charge is 2.02. The van der Waals surface area contributed by atoms with E-state index in [0.29, 0.717) is 6.61 Å². The van der Waals surface area contributed by atoms with Crippen molar-refractivity contribution in [3.8, 4) is 11.5 Å². The molecule has 0 aliphatic heterocycles. The normalized spacial score (nSPS) is 10.3. The van der Waals surface area contributed by atoms with Gasteiger partial charge in [0, 0.05) is 19.3 Å². The average molecular weight is 337 g/mol. The van der Waals surface area contributed by atoms with Gasteiger partial charge < -0.3 is 14.8 Å². The number of pyridine rings is 1. The Labute approximate surface area is 127 Å². The summed E-state index contributed by atoms with van der Waals surface area (Å²) in [6.45, 7) is 2.10. The van der Waals surface area contributed by atoms with Crippen LogP contribution >= 0.6 is 15.9 Å². The van der Waals surface area contributed by atoms with E-state index < -0.39 is 0 Å². The summed E-state index contributed by atoms with van der Waals surface area (Å²) in [5.41, 5.74) is 1.03. The Balaban J connectivity index is 1.71. The van der Waals surface area contributed by atoms with E-state index in [4.69, 9.17) is 9.47 Å². The van der Waals surface area contributed by atoms with Crippen molar-refractivity contribution in [2.24, 2.45) is 0 Å². The number of ether oxygens (including phenoxy) is 2. The zero-order chi connectivity index (χ0) is 14.2. The van der Waals surface area contributed by atoms with Crippen molar-refractivity contribution in [2.75, 3.05) is 20.3 Å². The molecule has 0 aliphatic carbocycles. The van der Waals surface area contributed by atoms with Crippen molar-refractivity contribution in [1.29, 1.82) is 0 Å². The van der Waals surface area contributed by atoms with E-state index in [2.05, 4.69) is 26.2 Å². The molecular weight excluding hydrogens is 320 g/mol. The second kappa shape index (κ2) is 7.87. The third-order valence-electron chi connectivity index (χ3n) is 2.71. The first-order valence-corrected chi connectivity index (χ1v) is 7.16. The van der Waals surface area contributed by atoms with Crippen molar-refractivity contribution in [3.63, 3.8) is 0 Å². The largest absolute Gasteiger partial charge is 0.497 e. The van der Waals surface area contributed by atoms with Crippen LogP contribution in [0.1, 0.15) is 5.69 Å². The summed E-state index contributed by atoms with van der Waals surface area (Å²) in [6.07, 6.45) is 1.79. The first kappa shape index (κ1) is 14.8. The number of aromatic nitrogens is 1. The summed E-state index contributed by atoms with van der Waals surface area (Å²) >= 11 is 3.46. The molecule has 0 amide bonds. The summed E-state index contributed by atoms with van der Waals surface area (Å²) in [5, 5.41) is 3.29. The quantitative estimate of drug-likeness (QED) is 0.789. The molecule has 0 saturated heterocycles. The fraction of sp³-hybridized carbons (Fsp3) is 0.267. The number of nitrogens with zero attached hydrogens (tertiary/aromatic N) is 1. The van der Waals surface area contributed by atoms with E-state index >= 15 is 0 Å². The minimum Gasteiger partial charge on any atom is -0.497 e. The van der Waals surface area contributed by atoms with Gasteiger partial charge in [-0.2, -0.15) is 0 Å². The molecule has 0 saturated carbocycles. The summed E-state index contributed by atoms with van der Waals surface area (Å²) in [4.78, 5) is 4.24. The predicted molar refractivity (Wildman–Crippen MR) is 82.1 cm³/mol. The molecule has 4 nitrogen and oxygen atoms in total. The lowest BCUT2D eigenvalue weighted by atomic mass is 10.3. The average Bonchev–Trinajstić information content (AvgIpc) is 2.49. The Morgan fingerprint density at radius 2 is 2.15 bits per heavy atom. The third-order valence-corrected chi connectivity index (χ3v) is 3.33. The van der Waals surface area contributed by atoms with Crippen LogP contribution in [-0.2, 0) is 6.54 Å². The first-order valence-electron chi connectivity index (χ1n) is 6.36. The zero-order valence-corrected chi connectivity index (χ0v) is 12.9. The lowest BCUT2D eigenvalue weighted by Gasteiger charge is -2.10.